The molecule has 0 atom stereocenters. The summed E-state index contributed by atoms with van der Waals surface area (Å²) in [7, 11) is 0. The van der Waals surface area contributed by atoms with E-state index in [9.17, 15) is 0 Å². The van der Waals surface area contributed by atoms with Gasteiger partial charge in [-0.15, -0.1) is 0 Å². The highest BCUT2D eigenvalue weighted by Gasteiger charge is 2.21. The van der Waals surface area contributed by atoms with Gasteiger partial charge in [-0.05, 0) is 63.0 Å². The molecule has 0 fully saturated rings. The second-order valence-corrected chi connectivity index (χ2v) is 9.45. The summed E-state index contributed by atoms with van der Waals surface area (Å²) in [5, 5.41) is 10.1. The van der Waals surface area contributed by atoms with E-state index in [0.717, 1.165) is 0 Å². The molecule has 0 N–H and O–H groups in total. The maximum Gasteiger partial charge on any atom is 0.0546 e. The lowest BCUT2D eigenvalue weighted by Gasteiger charge is -2.30. The summed E-state index contributed by atoms with van der Waals surface area (Å²) in [6, 6.07) is 48.4. The third-order valence-electron chi connectivity index (χ3n) is 7.33. The normalized spacial score (nSPS) is 11.5. The predicted octanol–water partition coefficient (Wildman–Crippen LogP) is 10.1. The Morgan fingerprint density at radius 3 is 1.25 bits per heavy atom. The quantitative estimate of drug-likeness (QED) is 0.238. The molecule has 0 aliphatic carbocycles. The summed E-state index contributed by atoms with van der Waals surface area (Å²) >= 11 is 0. The number of benzene rings is 7. The maximum atomic E-state index is 2.47. The first-order valence-corrected chi connectivity index (χ1v) is 12.5. The molecular weight excluding hydrogens is 434 g/mol. The average molecular weight is 460 g/mol. The minimum absolute atomic E-state index is 1.19. The fraction of sp³-hybridized carbons (Fsp3) is 0.0286. The molecule has 0 saturated carbocycles. The number of hydrogen-bond acceptors (Lipinski definition) is 1. The zero-order valence-electron chi connectivity index (χ0n) is 20.1. The van der Waals surface area contributed by atoms with Crippen LogP contribution in [0, 0.1) is 6.92 Å². The van der Waals surface area contributed by atoms with Gasteiger partial charge in [0.15, 0.2) is 0 Å². The van der Waals surface area contributed by atoms with Gasteiger partial charge in [0.2, 0.25) is 0 Å². The van der Waals surface area contributed by atoms with Gasteiger partial charge in [-0.25, -0.2) is 0 Å². The van der Waals surface area contributed by atoms with Crippen LogP contribution in [0.4, 0.5) is 17.1 Å². The number of hydrogen-bond donors (Lipinski definition) is 0. The van der Waals surface area contributed by atoms with Crippen LogP contribution in [0.5, 0.6) is 0 Å². The molecule has 0 aliphatic heterocycles. The van der Waals surface area contributed by atoms with Crippen molar-refractivity contribution in [3.63, 3.8) is 0 Å². The third-order valence-corrected chi connectivity index (χ3v) is 7.33. The number of fused-ring (bicyclic) bond motifs is 6. The van der Waals surface area contributed by atoms with E-state index in [1.54, 1.807) is 0 Å². The van der Waals surface area contributed by atoms with E-state index in [1.165, 1.54) is 65.7 Å². The van der Waals surface area contributed by atoms with E-state index in [1.807, 2.05) is 0 Å². The SMILES string of the molecule is Cc1ccccc1N(c1cc2ccccc2c2ccccc12)c1cc2ccccc2c2ccccc12. The summed E-state index contributed by atoms with van der Waals surface area (Å²) < 4.78 is 0. The van der Waals surface area contributed by atoms with Crippen molar-refractivity contribution in [2.75, 3.05) is 4.90 Å². The molecule has 0 saturated heterocycles. The summed E-state index contributed by atoms with van der Waals surface area (Å²) in [5.41, 5.74) is 4.82. The maximum absolute atomic E-state index is 2.47. The van der Waals surface area contributed by atoms with Gasteiger partial charge in [0.05, 0.1) is 11.4 Å². The Bertz CT molecular complexity index is 1800. The van der Waals surface area contributed by atoms with Crippen molar-refractivity contribution < 1.29 is 0 Å². The predicted molar refractivity (Wildman–Crippen MR) is 156 cm³/mol. The van der Waals surface area contributed by atoms with Gasteiger partial charge < -0.3 is 4.90 Å². The number of rotatable bonds is 3. The number of anilines is 3. The van der Waals surface area contributed by atoms with Crippen molar-refractivity contribution in [3.8, 4) is 0 Å². The minimum Gasteiger partial charge on any atom is -0.309 e. The summed E-state index contributed by atoms with van der Waals surface area (Å²) in [6.07, 6.45) is 0. The third kappa shape index (κ3) is 3.17. The fourth-order valence-corrected chi connectivity index (χ4v) is 5.64. The molecule has 0 unspecified atom stereocenters. The zero-order valence-corrected chi connectivity index (χ0v) is 20.1. The molecular formula is C35H25N. The Kier molecular flexibility index (Phi) is 4.75. The van der Waals surface area contributed by atoms with Crippen molar-refractivity contribution in [3.05, 3.63) is 139 Å². The molecule has 7 rings (SSSR count). The molecule has 170 valence electrons. The van der Waals surface area contributed by atoms with Crippen LogP contribution in [0.25, 0.3) is 43.1 Å². The lowest BCUT2D eigenvalue weighted by Crippen LogP contribution is -2.12. The molecule has 0 bridgehead atoms. The molecule has 0 aromatic heterocycles. The van der Waals surface area contributed by atoms with Crippen molar-refractivity contribution in [2.45, 2.75) is 6.92 Å². The topological polar surface area (TPSA) is 3.24 Å². The van der Waals surface area contributed by atoms with E-state index < -0.39 is 0 Å². The van der Waals surface area contributed by atoms with Crippen LogP contribution in [0.15, 0.2) is 133 Å². The second kappa shape index (κ2) is 8.25. The molecule has 0 spiro atoms. The molecule has 1 nitrogen and oxygen atoms in total. The Morgan fingerprint density at radius 2 is 0.750 bits per heavy atom. The molecule has 0 amide bonds. The lowest BCUT2D eigenvalue weighted by atomic mass is 9.96. The highest BCUT2D eigenvalue weighted by Crippen LogP contribution is 2.46. The number of nitrogens with zero attached hydrogens (tertiary/aromatic N) is 1. The molecule has 0 radical (unpaired) electrons. The standard InChI is InChI=1S/C35H25N/c1-24-12-2-11-21-33(24)36(34-22-25-13-3-5-15-27(25)29-17-7-9-19-31(29)34)35-23-26-14-4-6-16-28(26)30-18-8-10-20-32(30)35/h2-23H,1H3. The number of para-hydroxylation sites is 1. The largest absolute Gasteiger partial charge is 0.309 e. The van der Waals surface area contributed by atoms with Crippen molar-refractivity contribution in [1.29, 1.82) is 0 Å². The van der Waals surface area contributed by atoms with Crippen LogP contribution < -0.4 is 4.90 Å². The fourth-order valence-electron chi connectivity index (χ4n) is 5.64. The van der Waals surface area contributed by atoms with E-state index in [4.69, 9.17) is 0 Å². The van der Waals surface area contributed by atoms with Crippen LogP contribution in [0.1, 0.15) is 5.56 Å². The molecule has 0 aliphatic rings. The highest BCUT2D eigenvalue weighted by atomic mass is 15.1. The van der Waals surface area contributed by atoms with Crippen LogP contribution in [0.3, 0.4) is 0 Å². The first-order valence-electron chi connectivity index (χ1n) is 12.5. The van der Waals surface area contributed by atoms with Crippen molar-refractivity contribution >= 4 is 60.2 Å². The first kappa shape index (κ1) is 20.7. The van der Waals surface area contributed by atoms with Crippen LogP contribution in [-0.4, -0.2) is 0 Å². The highest BCUT2D eigenvalue weighted by molar-refractivity contribution is 6.18. The molecule has 7 aromatic rings. The van der Waals surface area contributed by atoms with E-state index >= 15 is 0 Å². The summed E-state index contributed by atoms with van der Waals surface area (Å²) in [4.78, 5) is 2.47. The molecule has 7 aromatic carbocycles. The molecule has 36 heavy (non-hydrogen) atoms. The van der Waals surface area contributed by atoms with Crippen LogP contribution in [-0.2, 0) is 0 Å². The Hall–Kier alpha value is -4.62. The van der Waals surface area contributed by atoms with Crippen LogP contribution in [0.2, 0.25) is 0 Å². The Morgan fingerprint density at radius 1 is 0.361 bits per heavy atom. The van der Waals surface area contributed by atoms with Gasteiger partial charge in [0.25, 0.3) is 0 Å². The summed E-state index contributed by atoms with van der Waals surface area (Å²) in [5.74, 6) is 0. The van der Waals surface area contributed by atoms with Gasteiger partial charge in [-0.2, -0.15) is 0 Å². The van der Waals surface area contributed by atoms with E-state index in [0.29, 0.717) is 0 Å². The van der Waals surface area contributed by atoms with Crippen molar-refractivity contribution in [1.82, 2.24) is 0 Å². The smallest absolute Gasteiger partial charge is 0.0546 e. The zero-order chi connectivity index (χ0) is 24.1. The summed E-state index contributed by atoms with van der Waals surface area (Å²) in [6.45, 7) is 2.20. The average Bonchev–Trinajstić information content (AvgIpc) is 2.94. The van der Waals surface area contributed by atoms with Gasteiger partial charge in [-0.1, -0.05) is 115 Å². The number of aryl methyl sites for hydroxylation is 1. The Balaban J connectivity index is 1.66. The van der Waals surface area contributed by atoms with Crippen molar-refractivity contribution in [2.24, 2.45) is 0 Å². The second-order valence-electron chi connectivity index (χ2n) is 9.45. The minimum atomic E-state index is 1.19. The van der Waals surface area contributed by atoms with Crippen LogP contribution >= 0.6 is 0 Å². The van der Waals surface area contributed by atoms with Gasteiger partial charge in [0, 0.05) is 16.5 Å². The lowest BCUT2D eigenvalue weighted by molar-refractivity contribution is 1.28. The monoisotopic (exact) mass is 459 g/mol. The van der Waals surface area contributed by atoms with Gasteiger partial charge >= 0.3 is 0 Å². The molecule has 0 heterocycles. The molecule has 1 heteroatoms. The first-order chi connectivity index (χ1) is 17.8. The Labute approximate surface area is 210 Å². The van der Waals surface area contributed by atoms with Gasteiger partial charge in [-0.3, -0.25) is 0 Å². The van der Waals surface area contributed by atoms with Gasteiger partial charge in [0.1, 0.15) is 0 Å². The van der Waals surface area contributed by atoms with E-state index in [-0.39, 0.29) is 0 Å². The van der Waals surface area contributed by atoms with E-state index in [2.05, 4.69) is 145 Å².